The van der Waals surface area contributed by atoms with Gasteiger partial charge in [0.05, 0.1) is 0 Å². The van der Waals surface area contributed by atoms with E-state index in [9.17, 15) is 0 Å². The molecule has 4 aromatic rings. The molecule has 0 radical (unpaired) electrons. The van der Waals surface area contributed by atoms with Crippen molar-refractivity contribution in [1.82, 2.24) is 0 Å². The van der Waals surface area contributed by atoms with Gasteiger partial charge in [-0.25, -0.2) is 0 Å². The molecule has 0 aliphatic heterocycles. The molecule has 0 atom stereocenters. The molecule has 0 unspecified atom stereocenters. The zero-order valence-corrected chi connectivity index (χ0v) is 24.0. The Morgan fingerprint density at radius 2 is 0.472 bits per heavy atom. The number of ether oxygens (including phenoxy) is 1. The van der Waals surface area contributed by atoms with E-state index in [1.54, 1.807) is 14.2 Å². The van der Waals surface area contributed by atoms with E-state index in [1.807, 2.05) is 0 Å². The van der Waals surface area contributed by atoms with Crippen molar-refractivity contribution < 1.29 is 4.74 Å². The molecule has 0 saturated heterocycles. The van der Waals surface area contributed by atoms with Crippen LogP contribution < -0.4 is 21.9 Å². The average molecular weight is 479 g/mol. The Morgan fingerprint density at radius 1 is 0.333 bits per heavy atom. The Balaban J connectivity index is 0.00000115. The van der Waals surface area contributed by atoms with Crippen molar-refractivity contribution in [2.75, 3.05) is 14.2 Å². The topological polar surface area (TPSA) is 12.8 Å². The summed E-state index contributed by atoms with van der Waals surface area (Å²) in [5, 5.41) is 0. The van der Waals surface area contributed by atoms with Crippen molar-refractivity contribution in [1.29, 1.82) is 0 Å². The highest BCUT2D eigenvalue weighted by Crippen LogP contribution is 2.17. The normalized spacial score (nSPS) is 11.2. The number of hydrogen-bond acceptors (Lipinski definition) is 0. The molecule has 0 saturated carbocycles. The van der Waals surface area contributed by atoms with Crippen LogP contribution in [0.25, 0.3) is 0 Å². The summed E-state index contributed by atoms with van der Waals surface area (Å²) in [5.41, 5.74) is 16.1. The van der Waals surface area contributed by atoms with Crippen LogP contribution in [0.2, 0.25) is 0 Å². The third-order valence-corrected chi connectivity index (χ3v) is 6.98. The first-order chi connectivity index (χ1) is 17.0. The first-order valence-electron chi connectivity index (χ1n) is 13.0. The molecule has 0 aliphatic rings. The molecule has 0 fully saturated rings. The van der Waals surface area contributed by atoms with Gasteiger partial charge in [0.1, 0.15) is 20.4 Å². The Bertz CT molecular complexity index is 1070. The van der Waals surface area contributed by atoms with Gasteiger partial charge in [0.25, 0.3) is 0 Å². The summed E-state index contributed by atoms with van der Waals surface area (Å²) in [6.45, 7) is 17.8. The maximum Gasteiger partial charge on any atom is 0.134 e. The highest BCUT2D eigenvalue weighted by atomic mass is 16.4. The number of benzene rings is 4. The quantitative estimate of drug-likeness (QED) is 0.279. The van der Waals surface area contributed by atoms with Gasteiger partial charge < -0.3 is 4.74 Å². The number of aliphatic hydroxyl groups is 2. The molecule has 4 aromatic carbocycles. The van der Waals surface area contributed by atoms with Crippen molar-refractivity contribution in [3.63, 3.8) is 0 Å². The summed E-state index contributed by atoms with van der Waals surface area (Å²) in [6, 6.07) is 28.5. The Kier molecular flexibility index (Phi) is 8.64. The smallest absolute Gasteiger partial charge is 0.134 e. The number of rotatable bonds is 4. The van der Waals surface area contributed by atoms with Gasteiger partial charge in [-0.2, -0.15) is 21.9 Å². The molecule has 0 spiro atoms. The van der Waals surface area contributed by atoms with Crippen LogP contribution in [0.4, 0.5) is 0 Å². The molecule has 2 heteroatoms. The van der Waals surface area contributed by atoms with E-state index in [0.29, 0.717) is 0 Å². The Morgan fingerprint density at radius 3 is 0.611 bits per heavy atom. The molecule has 36 heavy (non-hydrogen) atoms. The van der Waals surface area contributed by atoms with Crippen LogP contribution in [0, 0.1) is 55.4 Å². The second kappa shape index (κ2) is 11.3. The summed E-state index contributed by atoms with van der Waals surface area (Å²) < 4.78 is 3.50. The fourth-order valence-electron chi connectivity index (χ4n) is 6.19. The molecule has 0 heterocycles. The Hall–Kier alpha value is -3.10. The molecular formula is C34H43BO. The van der Waals surface area contributed by atoms with Crippen molar-refractivity contribution in [2.45, 2.75) is 55.4 Å². The van der Waals surface area contributed by atoms with Crippen LogP contribution in [0.3, 0.4) is 0 Å². The van der Waals surface area contributed by atoms with Gasteiger partial charge in [0.15, 0.2) is 0 Å². The van der Waals surface area contributed by atoms with Gasteiger partial charge in [0, 0.05) is 0 Å². The van der Waals surface area contributed by atoms with E-state index < -0.39 is 6.15 Å². The lowest BCUT2D eigenvalue weighted by molar-refractivity contribution is 0.0768. The zero-order chi connectivity index (χ0) is 26.6. The van der Waals surface area contributed by atoms with Gasteiger partial charge in [-0.15, -0.1) is 0 Å². The fraction of sp³-hybridized carbons (Fsp3) is 0.294. The molecule has 188 valence electrons. The average Bonchev–Trinajstić information content (AvgIpc) is 2.72. The SMILES string of the molecule is C[OH+]C.Cc1cc(C)cc([B-](c2cc(C)cc(C)c2)(c2cc(C)cc(C)c2)c2cc(C)cc(C)c2)c1. The van der Waals surface area contributed by atoms with Crippen molar-refractivity contribution in [3.05, 3.63) is 117 Å². The summed E-state index contributed by atoms with van der Waals surface area (Å²) in [5.74, 6) is 0. The van der Waals surface area contributed by atoms with E-state index in [0.717, 1.165) is 0 Å². The van der Waals surface area contributed by atoms with Gasteiger partial charge in [-0.3, -0.25) is 0 Å². The van der Waals surface area contributed by atoms with E-state index >= 15 is 0 Å². The van der Waals surface area contributed by atoms with E-state index in [1.165, 1.54) is 66.4 Å². The molecule has 0 amide bonds. The molecule has 1 N–H and O–H groups in total. The first-order valence-corrected chi connectivity index (χ1v) is 13.0. The highest BCUT2D eigenvalue weighted by Gasteiger charge is 2.33. The van der Waals surface area contributed by atoms with Crippen LogP contribution in [-0.4, -0.2) is 25.1 Å². The number of hydrogen-bond donors (Lipinski definition) is 0. The third kappa shape index (κ3) is 5.82. The second-order valence-corrected chi connectivity index (χ2v) is 11.0. The molecular weight excluding hydrogens is 435 g/mol. The lowest BCUT2D eigenvalue weighted by Gasteiger charge is -2.46. The predicted molar refractivity (Wildman–Crippen MR) is 162 cm³/mol. The largest absolute Gasteiger partial charge is 0.438 e. The maximum absolute atomic E-state index is 3.50. The molecule has 1 nitrogen and oxygen atoms in total. The van der Waals surface area contributed by atoms with E-state index in [2.05, 4.69) is 133 Å². The minimum atomic E-state index is -1.37. The lowest BCUT2D eigenvalue weighted by atomic mass is 9.12. The highest BCUT2D eigenvalue weighted by molar-refractivity contribution is 7.20. The first kappa shape index (κ1) is 27.5. The number of aryl methyl sites for hydroxylation is 8. The monoisotopic (exact) mass is 478 g/mol. The minimum Gasteiger partial charge on any atom is -0.438 e. The predicted octanol–water partition coefficient (Wildman–Crippen LogP) is 5.31. The summed E-state index contributed by atoms with van der Waals surface area (Å²) in [7, 11) is 3.50. The van der Waals surface area contributed by atoms with Gasteiger partial charge in [-0.1, -0.05) is 117 Å². The van der Waals surface area contributed by atoms with Crippen molar-refractivity contribution >= 4 is 28.0 Å². The van der Waals surface area contributed by atoms with Crippen molar-refractivity contribution in [2.24, 2.45) is 0 Å². The second-order valence-electron chi connectivity index (χ2n) is 11.0. The van der Waals surface area contributed by atoms with Crippen LogP contribution in [0.5, 0.6) is 0 Å². The summed E-state index contributed by atoms with van der Waals surface area (Å²) >= 11 is 0. The maximum atomic E-state index is 3.50. The van der Waals surface area contributed by atoms with Gasteiger partial charge >= 0.3 is 0 Å². The molecule has 0 aliphatic carbocycles. The van der Waals surface area contributed by atoms with Crippen LogP contribution in [0.1, 0.15) is 44.5 Å². The van der Waals surface area contributed by atoms with Gasteiger partial charge in [0.2, 0.25) is 0 Å². The van der Waals surface area contributed by atoms with E-state index in [-0.39, 0.29) is 0 Å². The molecule has 4 rings (SSSR count). The Labute approximate surface area is 219 Å². The summed E-state index contributed by atoms with van der Waals surface area (Å²) in [6.07, 6.45) is -1.37. The minimum absolute atomic E-state index is 1.31. The van der Waals surface area contributed by atoms with E-state index in [4.69, 9.17) is 0 Å². The van der Waals surface area contributed by atoms with Crippen molar-refractivity contribution in [3.8, 4) is 0 Å². The van der Waals surface area contributed by atoms with Crippen LogP contribution >= 0.6 is 0 Å². The molecule has 0 bridgehead atoms. The lowest BCUT2D eigenvalue weighted by Crippen LogP contribution is -2.75. The fourth-order valence-corrected chi connectivity index (χ4v) is 6.19. The summed E-state index contributed by atoms with van der Waals surface area (Å²) in [4.78, 5) is 0. The van der Waals surface area contributed by atoms with Crippen LogP contribution in [-0.2, 0) is 0 Å². The zero-order valence-electron chi connectivity index (χ0n) is 24.0. The van der Waals surface area contributed by atoms with Gasteiger partial charge in [-0.05, 0) is 55.4 Å². The third-order valence-electron chi connectivity index (χ3n) is 6.98. The van der Waals surface area contributed by atoms with Crippen LogP contribution in [0.15, 0.2) is 72.8 Å². The standard InChI is InChI=1S/C32H36B.C2H6O/c1-21-9-22(2)14-29(13-21)33(30-15-23(3)10-24(4)16-30,31-17-25(5)11-26(6)18-31)32-19-27(7)12-28(8)20-32;1-3-2/h9-20H,1-8H3;1-2H3/q-1;/p+1. The molecule has 0 aromatic heterocycles.